The van der Waals surface area contributed by atoms with Crippen LogP contribution in [0.3, 0.4) is 0 Å². The van der Waals surface area contributed by atoms with Crippen molar-refractivity contribution in [2.45, 2.75) is 33.1 Å². The lowest BCUT2D eigenvalue weighted by atomic mass is 9.87. The first kappa shape index (κ1) is 20.9. The molecule has 0 spiro atoms. The average molecular weight is 377 g/mol. The fraction of sp³-hybridized carbons (Fsp3) is 0.261. The summed E-state index contributed by atoms with van der Waals surface area (Å²) in [6.45, 7) is 8.19. The van der Waals surface area contributed by atoms with Crippen LogP contribution in [0.15, 0.2) is 54.1 Å². The molecule has 28 heavy (non-hydrogen) atoms. The molecule has 0 aliphatic heterocycles. The molecule has 0 radical (unpaired) electrons. The van der Waals surface area contributed by atoms with Gasteiger partial charge in [-0.15, -0.1) is 0 Å². The van der Waals surface area contributed by atoms with E-state index in [4.69, 9.17) is 14.7 Å². The molecule has 2 aromatic carbocycles. The number of hydrogen-bond donors (Lipinski definition) is 0. The van der Waals surface area contributed by atoms with E-state index in [1.807, 2.05) is 18.2 Å². The number of hydrogen-bond acceptors (Lipinski definition) is 5. The Morgan fingerprint density at radius 3 is 2.14 bits per heavy atom. The predicted octanol–water partition coefficient (Wildman–Crippen LogP) is 4.67. The molecule has 0 unspecified atom stereocenters. The Morgan fingerprint density at radius 1 is 1.04 bits per heavy atom. The Bertz CT molecular complexity index is 911. The zero-order chi connectivity index (χ0) is 20.7. The molecule has 2 rings (SSSR count). The Morgan fingerprint density at radius 2 is 1.64 bits per heavy atom. The van der Waals surface area contributed by atoms with E-state index in [1.54, 1.807) is 43.3 Å². The third-order valence-corrected chi connectivity index (χ3v) is 4.00. The summed E-state index contributed by atoms with van der Waals surface area (Å²) in [5.41, 5.74) is 2.14. The second kappa shape index (κ2) is 9.01. The van der Waals surface area contributed by atoms with Crippen molar-refractivity contribution in [3.8, 4) is 11.8 Å². The first-order valence-electron chi connectivity index (χ1n) is 8.96. The minimum Gasteiger partial charge on any atom is -0.462 e. The lowest BCUT2D eigenvalue weighted by Gasteiger charge is -2.18. The lowest BCUT2D eigenvalue weighted by molar-refractivity contribution is -0.137. The van der Waals surface area contributed by atoms with Gasteiger partial charge in [-0.25, -0.2) is 9.59 Å². The van der Waals surface area contributed by atoms with E-state index in [9.17, 15) is 9.59 Å². The molecule has 0 aromatic heterocycles. The van der Waals surface area contributed by atoms with Crippen molar-refractivity contribution < 1.29 is 19.1 Å². The van der Waals surface area contributed by atoms with Crippen LogP contribution >= 0.6 is 0 Å². The number of esters is 2. The molecule has 0 aliphatic rings. The van der Waals surface area contributed by atoms with Crippen molar-refractivity contribution in [2.24, 2.45) is 0 Å². The van der Waals surface area contributed by atoms with E-state index in [0.717, 1.165) is 5.56 Å². The van der Waals surface area contributed by atoms with E-state index in [2.05, 4.69) is 20.8 Å². The highest BCUT2D eigenvalue weighted by Gasteiger charge is 2.15. The van der Waals surface area contributed by atoms with E-state index in [-0.39, 0.29) is 17.6 Å². The van der Waals surface area contributed by atoms with Crippen LogP contribution in [0.5, 0.6) is 5.75 Å². The molecular weight excluding hydrogens is 354 g/mol. The molecule has 5 nitrogen and oxygen atoms in total. The molecule has 0 N–H and O–H groups in total. The average Bonchev–Trinajstić information content (AvgIpc) is 2.67. The summed E-state index contributed by atoms with van der Waals surface area (Å²) in [4.78, 5) is 24.0. The topological polar surface area (TPSA) is 76.4 Å². The number of carbonyl (C=O) groups excluding carboxylic acids is 2. The van der Waals surface area contributed by atoms with Gasteiger partial charge in [-0.2, -0.15) is 5.26 Å². The molecule has 0 amide bonds. The van der Waals surface area contributed by atoms with E-state index >= 15 is 0 Å². The summed E-state index contributed by atoms with van der Waals surface area (Å²) < 4.78 is 10.2. The second-order valence-corrected chi connectivity index (χ2v) is 7.18. The Labute approximate surface area is 165 Å². The van der Waals surface area contributed by atoms with Crippen LogP contribution in [0.1, 0.15) is 49.2 Å². The number of nitrogens with zero attached hydrogens (tertiary/aromatic N) is 1. The molecule has 0 fully saturated rings. The summed E-state index contributed by atoms with van der Waals surface area (Å²) in [5, 5.41) is 9.07. The van der Waals surface area contributed by atoms with E-state index < -0.39 is 11.9 Å². The van der Waals surface area contributed by atoms with Crippen molar-refractivity contribution in [1.29, 1.82) is 5.26 Å². The Kier molecular flexibility index (Phi) is 6.73. The van der Waals surface area contributed by atoms with Gasteiger partial charge < -0.3 is 9.47 Å². The summed E-state index contributed by atoms with van der Waals surface area (Å²) in [7, 11) is 0. The molecule has 144 valence electrons. The molecule has 5 heteroatoms. The van der Waals surface area contributed by atoms with Crippen LogP contribution in [-0.2, 0) is 14.9 Å². The summed E-state index contributed by atoms with van der Waals surface area (Å²) in [6, 6.07) is 15.7. The van der Waals surface area contributed by atoms with Gasteiger partial charge >= 0.3 is 11.9 Å². The summed E-state index contributed by atoms with van der Waals surface area (Å²) in [6.07, 6.45) is 1.43. The van der Waals surface area contributed by atoms with Crippen molar-refractivity contribution in [3.05, 3.63) is 70.8 Å². The molecular formula is C23H23NO4. The number of benzene rings is 2. The monoisotopic (exact) mass is 377 g/mol. The fourth-order valence-corrected chi connectivity index (χ4v) is 2.42. The number of carbonyl (C=O) groups is 2. The van der Waals surface area contributed by atoms with Gasteiger partial charge in [0.1, 0.15) is 17.4 Å². The maximum Gasteiger partial charge on any atom is 0.348 e. The predicted molar refractivity (Wildman–Crippen MR) is 107 cm³/mol. The normalized spacial score (nSPS) is 11.5. The Balaban J connectivity index is 2.09. The molecule has 0 bridgehead atoms. The zero-order valence-corrected chi connectivity index (χ0v) is 16.5. The molecule has 0 aliphatic carbocycles. The number of nitriles is 1. The van der Waals surface area contributed by atoms with Crippen LogP contribution in [0, 0.1) is 11.3 Å². The van der Waals surface area contributed by atoms with Crippen molar-refractivity contribution in [1.82, 2.24) is 0 Å². The largest absolute Gasteiger partial charge is 0.462 e. The maximum atomic E-state index is 12.3. The van der Waals surface area contributed by atoms with Gasteiger partial charge in [0.05, 0.1) is 12.2 Å². The first-order valence-corrected chi connectivity index (χ1v) is 8.96. The third-order valence-electron chi connectivity index (χ3n) is 4.00. The summed E-state index contributed by atoms with van der Waals surface area (Å²) >= 11 is 0. The minimum atomic E-state index is -0.667. The highest BCUT2D eigenvalue weighted by Crippen LogP contribution is 2.23. The van der Waals surface area contributed by atoms with Crippen LogP contribution in [0.25, 0.3) is 6.08 Å². The molecule has 0 saturated heterocycles. The Hall–Kier alpha value is -3.39. The SMILES string of the molecule is CCOC(=O)C(C#N)=Cc1ccc(OC(=O)c2ccc(C(C)(C)C)cc2)cc1. The van der Waals surface area contributed by atoms with E-state index in [0.29, 0.717) is 16.9 Å². The van der Waals surface area contributed by atoms with Crippen molar-refractivity contribution >= 4 is 18.0 Å². The molecule has 0 atom stereocenters. The lowest BCUT2D eigenvalue weighted by Crippen LogP contribution is -2.12. The fourth-order valence-electron chi connectivity index (χ4n) is 2.42. The van der Waals surface area contributed by atoms with Gasteiger partial charge in [0.15, 0.2) is 0 Å². The maximum absolute atomic E-state index is 12.3. The van der Waals surface area contributed by atoms with Gasteiger partial charge in [0.25, 0.3) is 0 Å². The van der Waals surface area contributed by atoms with Crippen LogP contribution in [-0.4, -0.2) is 18.5 Å². The highest BCUT2D eigenvalue weighted by atomic mass is 16.5. The zero-order valence-electron chi connectivity index (χ0n) is 16.5. The van der Waals surface area contributed by atoms with Gasteiger partial charge in [0, 0.05) is 0 Å². The quantitative estimate of drug-likeness (QED) is 0.327. The number of rotatable bonds is 5. The number of ether oxygens (including phenoxy) is 2. The van der Waals surface area contributed by atoms with E-state index in [1.165, 1.54) is 6.08 Å². The smallest absolute Gasteiger partial charge is 0.348 e. The molecule has 0 saturated carbocycles. The van der Waals surface area contributed by atoms with Gasteiger partial charge in [-0.05, 0) is 53.8 Å². The standard InChI is InChI=1S/C23H23NO4/c1-5-27-21(25)18(15-24)14-16-6-12-20(13-7-16)28-22(26)17-8-10-19(11-9-17)23(2,3)4/h6-14H,5H2,1-4H3. The second-order valence-electron chi connectivity index (χ2n) is 7.18. The molecule has 0 heterocycles. The molecule has 2 aromatic rings. The third kappa shape index (κ3) is 5.55. The summed E-state index contributed by atoms with van der Waals surface area (Å²) in [5.74, 6) is -0.746. The van der Waals surface area contributed by atoms with Gasteiger partial charge in [-0.1, -0.05) is 45.0 Å². The van der Waals surface area contributed by atoms with Crippen LogP contribution < -0.4 is 4.74 Å². The minimum absolute atomic E-state index is 0.0115. The van der Waals surface area contributed by atoms with Gasteiger partial charge in [-0.3, -0.25) is 0 Å². The highest BCUT2D eigenvalue weighted by molar-refractivity contribution is 5.97. The van der Waals surface area contributed by atoms with Crippen molar-refractivity contribution in [2.75, 3.05) is 6.61 Å². The van der Waals surface area contributed by atoms with Gasteiger partial charge in [0.2, 0.25) is 0 Å². The van der Waals surface area contributed by atoms with Crippen LogP contribution in [0.2, 0.25) is 0 Å². The van der Waals surface area contributed by atoms with Crippen LogP contribution in [0.4, 0.5) is 0 Å². The van der Waals surface area contributed by atoms with Crippen molar-refractivity contribution in [3.63, 3.8) is 0 Å². The first-order chi connectivity index (χ1) is 13.2.